The Balaban J connectivity index is 1.92. The molecule has 0 unspecified atom stereocenters. The van der Waals surface area contributed by atoms with Crippen LogP contribution in [0, 0.1) is 11.8 Å². The van der Waals surface area contributed by atoms with Crippen LogP contribution < -0.4 is 10.0 Å². The molecule has 2 rings (SSSR count). The number of benzene rings is 1. The van der Waals surface area contributed by atoms with Gasteiger partial charge in [-0.1, -0.05) is 31.1 Å². The standard InChI is InChI=1S/C16H23N5O3S/c1-11(2)12-3-5-13(6-4-12)18-16(22)20-25(23,24)15-9-7-14(8-10-15)19-21-17/h7-13H,3-6H2,1-2H3,(H2,18,20,22). The number of hydrogen-bond donors (Lipinski definition) is 2. The Kier molecular flexibility index (Phi) is 6.27. The number of nitrogens with zero attached hydrogens (tertiary/aromatic N) is 3. The largest absolute Gasteiger partial charge is 0.335 e. The Morgan fingerprint density at radius 2 is 1.80 bits per heavy atom. The van der Waals surface area contributed by atoms with E-state index in [1.165, 1.54) is 24.3 Å². The van der Waals surface area contributed by atoms with Gasteiger partial charge in [-0.05, 0) is 55.2 Å². The van der Waals surface area contributed by atoms with Crippen LogP contribution in [-0.2, 0) is 10.0 Å². The number of nitrogens with one attached hydrogen (secondary N) is 2. The van der Waals surface area contributed by atoms with E-state index in [0.717, 1.165) is 25.7 Å². The van der Waals surface area contributed by atoms with Crippen molar-refractivity contribution < 1.29 is 13.2 Å². The second-order valence-electron chi connectivity index (χ2n) is 6.62. The first-order valence-electron chi connectivity index (χ1n) is 8.30. The highest BCUT2D eigenvalue weighted by Crippen LogP contribution is 2.29. The second kappa shape index (κ2) is 8.22. The molecule has 0 aliphatic heterocycles. The quantitative estimate of drug-likeness (QED) is 0.468. The van der Waals surface area contributed by atoms with Gasteiger partial charge in [-0.15, -0.1) is 0 Å². The van der Waals surface area contributed by atoms with Crippen LogP contribution in [0.2, 0.25) is 0 Å². The molecule has 2 amide bonds. The van der Waals surface area contributed by atoms with Crippen LogP contribution in [0.3, 0.4) is 0 Å². The van der Waals surface area contributed by atoms with E-state index in [-0.39, 0.29) is 10.9 Å². The highest BCUT2D eigenvalue weighted by atomic mass is 32.2. The van der Waals surface area contributed by atoms with Crippen molar-refractivity contribution in [3.8, 4) is 0 Å². The van der Waals surface area contributed by atoms with E-state index in [9.17, 15) is 13.2 Å². The molecule has 1 aromatic carbocycles. The zero-order valence-corrected chi connectivity index (χ0v) is 15.2. The van der Waals surface area contributed by atoms with E-state index in [0.29, 0.717) is 17.5 Å². The van der Waals surface area contributed by atoms with Gasteiger partial charge in [-0.25, -0.2) is 17.9 Å². The van der Waals surface area contributed by atoms with Gasteiger partial charge in [-0.2, -0.15) is 0 Å². The molecule has 1 saturated carbocycles. The number of rotatable bonds is 5. The Labute approximate surface area is 147 Å². The molecular weight excluding hydrogens is 342 g/mol. The summed E-state index contributed by atoms with van der Waals surface area (Å²) in [7, 11) is -3.96. The van der Waals surface area contributed by atoms with E-state index in [1.54, 1.807) is 0 Å². The molecule has 1 aliphatic carbocycles. The van der Waals surface area contributed by atoms with Gasteiger partial charge in [0.25, 0.3) is 10.0 Å². The number of carbonyl (C=O) groups excluding carboxylic acids is 1. The second-order valence-corrected chi connectivity index (χ2v) is 8.30. The Bertz CT molecular complexity index is 746. The van der Waals surface area contributed by atoms with Crippen LogP contribution in [0.5, 0.6) is 0 Å². The number of amides is 2. The van der Waals surface area contributed by atoms with E-state index >= 15 is 0 Å². The van der Waals surface area contributed by atoms with Crippen molar-refractivity contribution in [2.24, 2.45) is 17.0 Å². The van der Waals surface area contributed by atoms with Gasteiger partial charge in [0.05, 0.1) is 4.90 Å². The van der Waals surface area contributed by atoms with Crippen LogP contribution in [0.1, 0.15) is 39.5 Å². The third kappa shape index (κ3) is 5.37. The summed E-state index contributed by atoms with van der Waals surface area (Å²) in [5.74, 6) is 1.29. The molecule has 0 atom stereocenters. The third-order valence-corrected chi connectivity index (χ3v) is 5.93. The number of sulfonamides is 1. The summed E-state index contributed by atoms with van der Waals surface area (Å²) < 4.78 is 26.5. The summed E-state index contributed by atoms with van der Waals surface area (Å²) in [4.78, 5) is 14.6. The Hall–Kier alpha value is -2.25. The average molecular weight is 365 g/mol. The van der Waals surface area contributed by atoms with Gasteiger partial charge in [0.2, 0.25) is 0 Å². The maximum absolute atomic E-state index is 12.2. The zero-order valence-electron chi connectivity index (χ0n) is 14.3. The normalized spacial score (nSPS) is 20.6. The van der Waals surface area contributed by atoms with Crippen molar-refractivity contribution in [3.05, 3.63) is 34.7 Å². The van der Waals surface area contributed by atoms with Crippen LogP contribution in [0.15, 0.2) is 34.3 Å². The summed E-state index contributed by atoms with van der Waals surface area (Å²) in [6.45, 7) is 4.40. The zero-order chi connectivity index (χ0) is 18.4. The summed E-state index contributed by atoms with van der Waals surface area (Å²) >= 11 is 0. The lowest BCUT2D eigenvalue weighted by atomic mass is 9.80. The first kappa shape index (κ1) is 19.1. The van der Waals surface area contributed by atoms with E-state index in [1.807, 2.05) is 4.72 Å². The maximum Gasteiger partial charge on any atom is 0.328 e. The van der Waals surface area contributed by atoms with Crippen molar-refractivity contribution in [2.75, 3.05) is 0 Å². The lowest BCUT2D eigenvalue weighted by molar-refractivity contribution is 0.219. The SMILES string of the molecule is CC(C)C1CCC(NC(=O)NS(=O)(=O)c2ccc(N=[N+]=[N-])cc2)CC1. The first-order chi connectivity index (χ1) is 11.8. The molecule has 0 aromatic heterocycles. The molecule has 0 heterocycles. The number of carbonyl (C=O) groups is 1. The van der Waals surface area contributed by atoms with E-state index < -0.39 is 16.1 Å². The predicted octanol–water partition coefficient (Wildman–Crippen LogP) is 3.83. The van der Waals surface area contributed by atoms with Crippen LogP contribution in [-0.4, -0.2) is 20.5 Å². The Morgan fingerprint density at radius 3 is 2.32 bits per heavy atom. The summed E-state index contributed by atoms with van der Waals surface area (Å²) in [5, 5.41) is 6.11. The molecule has 9 heteroatoms. The van der Waals surface area contributed by atoms with Gasteiger partial charge in [0.1, 0.15) is 0 Å². The van der Waals surface area contributed by atoms with Crippen molar-refractivity contribution in [3.63, 3.8) is 0 Å². The van der Waals surface area contributed by atoms with Gasteiger partial charge < -0.3 is 5.32 Å². The number of hydrogen-bond acceptors (Lipinski definition) is 4. The van der Waals surface area contributed by atoms with Crippen molar-refractivity contribution in [2.45, 2.75) is 50.5 Å². The fourth-order valence-electron chi connectivity index (χ4n) is 3.07. The minimum absolute atomic E-state index is 0.00228. The maximum atomic E-state index is 12.2. The highest BCUT2D eigenvalue weighted by Gasteiger charge is 2.25. The van der Waals surface area contributed by atoms with Crippen LogP contribution in [0.4, 0.5) is 10.5 Å². The monoisotopic (exact) mass is 365 g/mol. The van der Waals surface area contributed by atoms with Crippen molar-refractivity contribution in [1.29, 1.82) is 0 Å². The molecular formula is C16H23N5O3S. The Morgan fingerprint density at radius 1 is 1.20 bits per heavy atom. The van der Waals surface area contributed by atoms with Gasteiger partial charge in [-0.3, -0.25) is 0 Å². The summed E-state index contributed by atoms with van der Waals surface area (Å²) in [6, 6.07) is 4.60. The fourth-order valence-corrected chi connectivity index (χ4v) is 3.98. The first-order valence-corrected chi connectivity index (χ1v) is 9.78. The van der Waals surface area contributed by atoms with Crippen LogP contribution >= 0.6 is 0 Å². The number of azide groups is 1. The average Bonchev–Trinajstić information content (AvgIpc) is 2.55. The molecule has 1 aromatic rings. The van der Waals surface area contributed by atoms with Gasteiger partial charge >= 0.3 is 6.03 Å². The minimum atomic E-state index is -3.96. The third-order valence-electron chi connectivity index (χ3n) is 4.58. The molecule has 1 fully saturated rings. The van der Waals surface area contributed by atoms with Crippen molar-refractivity contribution >= 4 is 21.7 Å². The number of urea groups is 1. The molecule has 2 N–H and O–H groups in total. The molecule has 0 bridgehead atoms. The molecule has 1 aliphatic rings. The fraction of sp³-hybridized carbons (Fsp3) is 0.562. The predicted molar refractivity (Wildman–Crippen MR) is 94.7 cm³/mol. The van der Waals surface area contributed by atoms with E-state index in [2.05, 4.69) is 29.2 Å². The molecule has 0 spiro atoms. The lowest BCUT2D eigenvalue weighted by Gasteiger charge is -2.31. The highest BCUT2D eigenvalue weighted by molar-refractivity contribution is 7.90. The lowest BCUT2D eigenvalue weighted by Crippen LogP contribution is -2.45. The molecule has 25 heavy (non-hydrogen) atoms. The molecule has 8 nitrogen and oxygen atoms in total. The summed E-state index contributed by atoms with van der Waals surface area (Å²) in [5.41, 5.74) is 8.64. The molecule has 136 valence electrons. The smallest absolute Gasteiger partial charge is 0.328 e. The van der Waals surface area contributed by atoms with Crippen LogP contribution in [0.25, 0.3) is 10.4 Å². The van der Waals surface area contributed by atoms with E-state index in [4.69, 9.17) is 5.53 Å². The summed E-state index contributed by atoms with van der Waals surface area (Å²) in [6.07, 6.45) is 3.79. The van der Waals surface area contributed by atoms with Crippen molar-refractivity contribution in [1.82, 2.24) is 10.0 Å². The molecule has 0 radical (unpaired) electrons. The molecule has 0 saturated heterocycles. The minimum Gasteiger partial charge on any atom is -0.335 e. The van der Waals surface area contributed by atoms with Gasteiger partial charge in [0, 0.05) is 16.6 Å². The topological polar surface area (TPSA) is 124 Å². The van der Waals surface area contributed by atoms with Gasteiger partial charge in [0.15, 0.2) is 0 Å².